The number of ketones is 1. The van der Waals surface area contributed by atoms with E-state index in [0.29, 0.717) is 5.01 Å². The highest BCUT2D eigenvalue weighted by Crippen LogP contribution is 2.39. The highest BCUT2D eigenvalue weighted by Gasteiger charge is 2.70. The second kappa shape index (κ2) is 6.68. The lowest BCUT2D eigenvalue weighted by atomic mass is 9.81. The van der Waals surface area contributed by atoms with E-state index in [1.165, 1.54) is 6.33 Å². The fourth-order valence-corrected chi connectivity index (χ4v) is 3.41. The van der Waals surface area contributed by atoms with Gasteiger partial charge in [0.25, 0.3) is 11.5 Å². The van der Waals surface area contributed by atoms with Gasteiger partial charge in [0, 0.05) is 0 Å². The van der Waals surface area contributed by atoms with Crippen LogP contribution in [0.15, 0.2) is 11.1 Å². The highest BCUT2D eigenvalue weighted by atomic mass is 79.9. The first kappa shape index (κ1) is 18.3. The Balaban J connectivity index is 2.02. The first-order chi connectivity index (χ1) is 12.4. The number of carbonyl (C=O) groups is 3. The average Bonchev–Trinajstić information content (AvgIpc) is 3.10. The molecule has 2 atom stereocenters. The molecule has 1 aliphatic heterocycles. The fraction of sp³-hybridized carbons (Fsp3) is 0.385. The van der Waals surface area contributed by atoms with Gasteiger partial charge in [-0.15, -0.1) is 11.6 Å². The normalized spacial score (nSPS) is 22.2. The Morgan fingerprint density at radius 2 is 2.23 bits per heavy atom. The van der Waals surface area contributed by atoms with Crippen LogP contribution < -0.4 is 11.0 Å². The zero-order chi connectivity index (χ0) is 19.1. The van der Waals surface area contributed by atoms with E-state index in [1.54, 1.807) is 6.92 Å². The summed E-state index contributed by atoms with van der Waals surface area (Å²) in [5.74, 6) is -2.62. The molecule has 1 aliphatic rings. The minimum atomic E-state index is -2.09. The number of Topliss-reactive ketones (excluding diaryl/α,β-unsaturated/α-hetero) is 1. The van der Waals surface area contributed by atoms with E-state index in [-0.39, 0.29) is 29.0 Å². The summed E-state index contributed by atoms with van der Waals surface area (Å²) in [7, 11) is 0. The van der Waals surface area contributed by atoms with Crippen LogP contribution in [0.2, 0.25) is 0 Å². The minimum Gasteiger partial charge on any atom is -0.464 e. The first-order valence-electron chi connectivity index (χ1n) is 7.32. The molecule has 13 heteroatoms. The Morgan fingerprint density at radius 3 is 2.88 bits per heavy atom. The third kappa shape index (κ3) is 2.48. The molecule has 0 radical (unpaired) electrons. The van der Waals surface area contributed by atoms with Crippen LogP contribution in [0.3, 0.4) is 0 Å². The summed E-state index contributed by atoms with van der Waals surface area (Å²) in [5, 5.41) is -0.994. The minimum absolute atomic E-state index is 0.0178. The fourth-order valence-electron chi connectivity index (χ4n) is 2.58. The van der Waals surface area contributed by atoms with Gasteiger partial charge in [0.15, 0.2) is 22.3 Å². The number of carbonyl (C=O) groups excluding carboxylic acids is 3. The largest absolute Gasteiger partial charge is 0.464 e. The molecular weight excluding hydrogens is 436 g/mol. The number of hydrogen-bond acceptors (Lipinski definition) is 8. The molecule has 0 aliphatic carbocycles. The van der Waals surface area contributed by atoms with Crippen molar-refractivity contribution in [2.24, 2.45) is 0 Å². The highest BCUT2D eigenvalue weighted by molar-refractivity contribution is 9.09. The maximum absolute atomic E-state index is 12.5. The molecule has 0 spiro atoms. The number of H-pyrrole nitrogens is 2. The standard InChI is InChI=1S/C13H12BrClN6O5/c1-2-26-11(25)13(5(22)3-14)7(15)10(24)21(13)20-12-18-8-6(9(23)19-12)16-4-17-8/h4,7H,2-3H2,1H3,(H3,16,17,18,19,20,23). The smallest absolute Gasteiger partial charge is 0.344 e. The van der Waals surface area contributed by atoms with Crippen molar-refractivity contribution in [3.05, 3.63) is 16.7 Å². The summed E-state index contributed by atoms with van der Waals surface area (Å²) in [6, 6.07) is 0. The van der Waals surface area contributed by atoms with Crippen molar-refractivity contribution in [1.82, 2.24) is 24.9 Å². The Morgan fingerprint density at radius 1 is 1.50 bits per heavy atom. The number of alkyl halides is 2. The molecule has 0 bridgehead atoms. The van der Waals surface area contributed by atoms with Crippen LogP contribution in [-0.4, -0.2) is 65.5 Å². The number of aromatic amines is 2. The summed E-state index contributed by atoms with van der Waals surface area (Å²) in [4.78, 5) is 62.0. The number of nitrogens with one attached hydrogen (secondary N) is 3. The number of β-lactam (4-membered cyclic amide) rings is 1. The lowest BCUT2D eigenvalue weighted by Crippen LogP contribution is -2.81. The predicted octanol–water partition coefficient (Wildman–Crippen LogP) is -0.311. The Bertz CT molecular complexity index is 960. The van der Waals surface area contributed by atoms with E-state index in [4.69, 9.17) is 16.3 Å². The van der Waals surface area contributed by atoms with E-state index in [0.717, 1.165) is 0 Å². The summed E-state index contributed by atoms with van der Waals surface area (Å²) < 4.78 is 4.93. The number of ether oxygens (including phenoxy) is 1. The lowest BCUT2D eigenvalue weighted by molar-refractivity contribution is -0.179. The van der Waals surface area contributed by atoms with Crippen LogP contribution in [0, 0.1) is 0 Å². The number of hydrazine groups is 1. The van der Waals surface area contributed by atoms with Gasteiger partial charge in [-0.2, -0.15) is 4.98 Å². The number of anilines is 1. The van der Waals surface area contributed by atoms with Crippen molar-refractivity contribution >= 4 is 62.3 Å². The van der Waals surface area contributed by atoms with Crippen molar-refractivity contribution in [2.45, 2.75) is 17.8 Å². The molecular formula is C13H12BrClN6O5. The van der Waals surface area contributed by atoms with Gasteiger partial charge in [-0.05, 0) is 6.92 Å². The Kier molecular flexibility index (Phi) is 4.71. The van der Waals surface area contributed by atoms with Gasteiger partial charge in [0.1, 0.15) is 0 Å². The number of imidazole rings is 1. The number of fused-ring (bicyclic) bond motifs is 1. The van der Waals surface area contributed by atoms with Crippen LogP contribution >= 0.6 is 27.5 Å². The molecule has 3 heterocycles. The number of rotatable bonds is 6. The molecule has 1 fully saturated rings. The van der Waals surface area contributed by atoms with Crippen LogP contribution in [-0.2, 0) is 19.1 Å². The van der Waals surface area contributed by atoms with Crippen LogP contribution in [0.4, 0.5) is 5.95 Å². The molecule has 2 aromatic heterocycles. The zero-order valence-electron chi connectivity index (χ0n) is 13.2. The van der Waals surface area contributed by atoms with Gasteiger partial charge in [0.2, 0.25) is 11.5 Å². The number of halogens is 2. The molecule has 2 unspecified atom stereocenters. The summed E-state index contributed by atoms with van der Waals surface area (Å²) in [6.45, 7) is 1.53. The monoisotopic (exact) mass is 446 g/mol. The molecule has 11 nitrogen and oxygen atoms in total. The second-order valence-electron chi connectivity index (χ2n) is 5.21. The van der Waals surface area contributed by atoms with Crippen molar-refractivity contribution in [3.63, 3.8) is 0 Å². The van der Waals surface area contributed by atoms with Crippen molar-refractivity contribution in [3.8, 4) is 0 Å². The first-order valence-corrected chi connectivity index (χ1v) is 8.88. The molecule has 0 saturated carbocycles. The van der Waals surface area contributed by atoms with E-state index in [9.17, 15) is 19.2 Å². The molecule has 26 heavy (non-hydrogen) atoms. The number of hydrogen-bond donors (Lipinski definition) is 3. The van der Waals surface area contributed by atoms with Crippen LogP contribution in [0.25, 0.3) is 11.2 Å². The molecule has 2 aromatic rings. The van der Waals surface area contributed by atoms with E-state index in [2.05, 4.69) is 41.3 Å². The average molecular weight is 448 g/mol. The molecule has 1 saturated heterocycles. The number of nitrogens with zero attached hydrogens (tertiary/aromatic N) is 3. The van der Waals surface area contributed by atoms with Crippen LogP contribution in [0.1, 0.15) is 6.92 Å². The SMILES string of the molecule is CCOC(=O)C1(C(=O)CBr)C(Cl)C(=O)N1Nc1nc2nc[nH]c2c(=O)[nH]1. The van der Waals surface area contributed by atoms with Gasteiger partial charge >= 0.3 is 5.97 Å². The van der Waals surface area contributed by atoms with Gasteiger partial charge in [-0.25, -0.2) is 14.8 Å². The molecule has 3 N–H and O–H groups in total. The molecule has 0 aromatic carbocycles. The molecule has 1 amide bonds. The van der Waals surface area contributed by atoms with Crippen molar-refractivity contribution < 1.29 is 19.1 Å². The zero-order valence-corrected chi connectivity index (χ0v) is 15.5. The second-order valence-corrected chi connectivity index (χ2v) is 6.20. The number of amides is 1. The third-order valence-corrected chi connectivity index (χ3v) is 4.82. The quantitative estimate of drug-likeness (QED) is 0.236. The molecule has 138 valence electrons. The van der Waals surface area contributed by atoms with E-state index in [1.807, 2.05) is 0 Å². The third-order valence-electron chi connectivity index (χ3n) is 3.80. The molecule has 3 rings (SSSR count). The summed E-state index contributed by atoms with van der Waals surface area (Å²) in [5.41, 5.74) is 0.0372. The Hall–Kier alpha value is -2.47. The van der Waals surface area contributed by atoms with Gasteiger partial charge < -0.3 is 9.72 Å². The summed E-state index contributed by atoms with van der Waals surface area (Å²) in [6.07, 6.45) is 1.28. The van der Waals surface area contributed by atoms with Crippen molar-refractivity contribution in [1.29, 1.82) is 0 Å². The maximum Gasteiger partial charge on any atom is 0.344 e. The number of esters is 1. The predicted molar refractivity (Wildman–Crippen MR) is 92.8 cm³/mol. The van der Waals surface area contributed by atoms with E-state index >= 15 is 0 Å². The van der Waals surface area contributed by atoms with E-state index < -0.39 is 34.1 Å². The van der Waals surface area contributed by atoms with Crippen molar-refractivity contribution in [2.75, 3.05) is 17.4 Å². The Labute approximate surface area is 158 Å². The van der Waals surface area contributed by atoms with Gasteiger partial charge in [0.05, 0.1) is 18.3 Å². The lowest BCUT2D eigenvalue weighted by Gasteiger charge is -2.50. The van der Waals surface area contributed by atoms with Gasteiger partial charge in [-0.1, -0.05) is 15.9 Å². The summed E-state index contributed by atoms with van der Waals surface area (Å²) >= 11 is 8.99. The van der Waals surface area contributed by atoms with Crippen LogP contribution in [0.5, 0.6) is 0 Å². The number of aromatic nitrogens is 4. The van der Waals surface area contributed by atoms with Gasteiger partial charge in [-0.3, -0.25) is 24.8 Å². The maximum atomic E-state index is 12.5. The topological polar surface area (TPSA) is 150 Å².